The summed E-state index contributed by atoms with van der Waals surface area (Å²) in [5, 5.41) is 10.9. The van der Waals surface area contributed by atoms with Crippen molar-refractivity contribution in [1.82, 2.24) is 20.5 Å². The van der Waals surface area contributed by atoms with Crippen molar-refractivity contribution >= 4 is 5.95 Å². The summed E-state index contributed by atoms with van der Waals surface area (Å²) in [6, 6.07) is 9.01. The summed E-state index contributed by atoms with van der Waals surface area (Å²) in [6.07, 6.45) is 1.90. The quantitative estimate of drug-likeness (QED) is 0.897. The van der Waals surface area contributed by atoms with Crippen LogP contribution in [0.15, 0.2) is 24.3 Å². The third-order valence-corrected chi connectivity index (χ3v) is 4.06. The number of aromatic amines is 1. The van der Waals surface area contributed by atoms with Gasteiger partial charge in [0.1, 0.15) is 5.82 Å². The standard InChI is InChI=1S/C16H23N5/c1-12-5-3-4-6-14(12)7-8-15-18-16(20-19-15)21-10-9-17-13(2)11-21/h3-6,13,17H,7-11H2,1-2H3,(H,18,19,20). The highest BCUT2D eigenvalue weighted by Crippen LogP contribution is 2.13. The smallest absolute Gasteiger partial charge is 0.244 e. The van der Waals surface area contributed by atoms with Crippen LogP contribution in [0.25, 0.3) is 0 Å². The Hall–Kier alpha value is -1.88. The molecule has 1 aromatic carbocycles. The van der Waals surface area contributed by atoms with Gasteiger partial charge in [-0.1, -0.05) is 24.3 Å². The van der Waals surface area contributed by atoms with Crippen LogP contribution >= 0.6 is 0 Å². The van der Waals surface area contributed by atoms with Gasteiger partial charge in [-0.15, -0.1) is 5.10 Å². The summed E-state index contributed by atoms with van der Waals surface area (Å²) in [7, 11) is 0. The van der Waals surface area contributed by atoms with Crippen molar-refractivity contribution < 1.29 is 0 Å². The molecule has 0 saturated carbocycles. The van der Waals surface area contributed by atoms with Gasteiger partial charge in [0.15, 0.2) is 0 Å². The molecule has 1 aromatic heterocycles. The number of aryl methyl sites for hydroxylation is 3. The van der Waals surface area contributed by atoms with Crippen molar-refractivity contribution in [3.63, 3.8) is 0 Å². The zero-order valence-electron chi connectivity index (χ0n) is 12.8. The molecule has 112 valence electrons. The van der Waals surface area contributed by atoms with Crippen LogP contribution in [0.5, 0.6) is 0 Å². The van der Waals surface area contributed by atoms with E-state index in [0.29, 0.717) is 6.04 Å². The van der Waals surface area contributed by atoms with Crippen molar-refractivity contribution in [2.75, 3.05) is 24.5 Å². The molecule has 0 aliphatic carbocycles. The zero-order valence-corrected chi connectivity index (χ0v) is 12.8. The van der Waals surface area contributed by atoms with E-state index in [1.165, 1.54) is 11.1 Å². The summed E-state index contributed by atoms with van der Waals surface area (Å²) in [5.74, 6) is 1.81. The van der Waals surface area contributed by atoms with E-state index in [0.717, 1.165) is 44.2 Å². The molecule has 2 aromatic rings. The lowest BCUT2D eigenvalue weighted by molar-refractivity contribution is 0.479. The molecule has 1 unspecified atom stereocenters. The largest absolute Gasteiger partial charge is 0.337 e. The maximum Gasteiger partial charge on any atom is 0.244 e. The number of nitrogens with zero attached hydrogens (tertiary/aromatic N) is 3. The molecule has 1 saturated heterocycles. The second kappa shape index (κ2) is 6.26. The van der Waals surface area contributed by atoms with Crippen LogP contribution in [0.2, 0.25) is 0 Å². The molecule has 0 bridgehead atoms. The molecule has 21 heavy (non-hydrogen) atoms. The van der Waals surface area contributed by atoms with Gasteiger partial charge < -0.3 is 10.2 Å². The van der Waals surface area contributed by atoms with Gasteiger partial charge in [-0.3, -0.25) is 5.10 Å². The van der Waals surface area contributed by atoms with Crippen LogP contribution in [-0.2, 0) is 12.8 Å². The molecule has 0 radical (unpaired) electrons. The zero-order chi connectivity index (χ0) is 14.7. The van der Waals surface area contributed by atoms with Crippen molar-refractivity contribution in [3.05, 3.63) is 41.2 Å². The molecular weight excluding hydrogens is 262 g/mol. The van der Waals surface area contributed by atoms with Crippen LogP contribution in [-0.4, -0.2) is 40.9 Å². The van der Waals surface area contributed by atoms with Gasteiger partial charge >= 0.3 is 0 Å². The third kappa shape index (κ3) is 3.42. The van der Waals surface area contributed by atoms with Gasteiger partial charge in [0, 0.05) is 32.1 Å². The van der Waals surface area contributed by atoms with E-state index in [4.69, 9.17) is 0 Å². The molecule has 3 rings (SSSR count). The maximum atomic E-state index is 4.64. The summed E-state index contributed by atoms with van der Waals surface area (Å²) < 4.78 is 0. The lowest BCUT2D eigenvalue weighted by atomic mass is 10.0. The van der Waals surface area contributed by atoms with Crippen molar-refractivity contribution in [2.45, 2.75) is 32.7 Å². The minimum absolute atomic E-state index is 0.493. The molecular formula is C16H23N5. The highest BCUT2D eigenvalue weighted by molar-refractivity contribution is 5.31. The number of piperazine rings is 1. The minimum Gasteiger partial charge on any atom is -0.337 e. The average molecular weight is 285 g/mol. The molecule has 2 heterocycles. The lowest BCUT2D eigenvalue weighted by Gasteiger charge is -2.30. The molecule has 5 nitrogen and oxygen atoms in total. The maximum absolute atomic E-state index is 4.64. The van der Waals surface area contributed by atoms with E-state index < -0.39 is 0 Å². The molecule has 1 aliphatic rings. The molecule has 0 amide bonds. The fraction of sp³-hybridized carbons (Fsp3) is 0.500. The Bertz CT molecular complexity index is 592. The molecule has 1 atom stereocenters. The predicted molar refractivity (Wildman–Crippen MR) is 84.6 cm³/mol. The first kappa shape index (κ1) is 14.1. The fourth-order valence-electron chi connectivity index (χ4n) is 2.80. The van der Waals surface area contributed by atoms with E-state index in [-0.39, 0.29) is 0 Å². The molecule has 5 heteroatoms. The summed E-state index contributed by atoms with van der Waals surface area (Å²) >= 11 is 0. The summed E-state index contributed by atoms with van der Waals surface area (Å²) in [4.78, 5) is 6.89. The summed E-state index contributed by atoms with van der Waals surface area (Å²) in [6.45, 7) is 7.28. The van der Waals surface area contributed by atoms with Crippen LogP contribution < -0.4 is 10.2 Å². The normalized spacial score (nSPS) is 19.0. The van der Waals surface area contributed by atoms with Crippen LogP contribution in [0, 0.1) is 6.92 Å². The van der Waals surface area contributed by atoms with E-state index >= 15 is 0 Å². The SMILES string of the molecule is Cc1ccccc1CCc1nc(N2CCNC(C)C2)n[nH]1. The van der Waals surface area contributed by atoms with Crippen LogP contribution in [0.1, 0.15) is 23.9 Å². The Morgan fingerprint density at radius 2 is 2.14 bits per heavy atom. The van der Waals surface area contributed by atoms with Gasteiger partial charge in [-0.05, 0) is 31.4 Å². The molecule has 1 aliphatic heterocycles. The van der Waals surface area contributed by atoms with Gasteiger partial charge in [0.05, 0.1) is 0 Å². The first-order valence-corrected chi connectivity index (χ1v) is 7.66. The predicted octanol–water partition coefficient (Wildman–Crippen LogP) is 1.70. The van der Waals surface area contributed by atoms with Gasteiger partial charge in [-0.2, -0.15) is 4.98 Å². The first-order valence-electron chi connectivity index (χ1n) is 7.66. The van der Waals surface area contributed by atoms with Crippen molar-refractivity contribution in [2.24, 2.45) is 0 Å². The second-order valence-corrected chi connectivity index (χ2v) is 5.81. The number of hydrogen-bond donors (Lipinski definition) is 2. The highest BCUT2D eigenvalue weighted by atomic mass is 15.4. The minimum atomic E-state index is 0.493. The monoisotopic (exact) mass is 285 g/mol. The number of benzene rings is 1. The Kier molecular flexibility index (Phi) is 4.20. The number of nitrogens with one attached hydrogen (secondary N) is 2. The van der Waals surface area contributed by atoms with Crippen molar-refractivity contribution in [3.8, 4) is 0 Å². The highest BCUT2D eigenvalue weighted by Gasteiger charge is 2.19. The first-order chi connectivity index (χ1) is 10.2. The van der Waals surface area contributed by atoms with E-state index in [1.54, 1.807) is 0 Å². The molecule has 2 N–H and O–H groups in total. The number of anilines is 1. The Morgan fingerprint density at radius 3 is 2.95 bits per heavy atom. The Morgan fingerprint density at radius 1 is 1.29 bits per heavy atom. The van der Waals surface area contributed by atoms with Crippen LogP contribution in [0.4, 0.5) is 5.95 Å². The van der Waals surface area contributed by atoms with E-state index in [2.05, 4.69) is 63.5 Å². The summed E-state index contributed by atoms with van der Waals surface area (Å²) in [5.41, 5.74) is 2.72. The Balaban J connectivity index is 1.61. The average Bonchev–Trinajstić information content (AvgIpc) is 2.95. The number of H-pyrrole nitrogens is 1. The number of hydrogen-bond acceptors (Lipinski definition) is 4. The van der Waals surface area contributed by atoms with Crippen LogP contribution in [0.3, 0.4) is 0 Å². The van der Waals surface area contributed by atoms with E-state index in [1.807, 2.05) is 0 Å². The van der Waals surface area contributed by atoms with Gasteiger partial charge in [-0.25, -0.2) is 0 Å². The third-order valence-electron chi connectivity index (χ3n) is 4.06. The molecule has 0 spiro atoms. The molecule has 1 fully saturated rings. The second-order valence-electron chi connectivity index (χ2n) is 5.81. The fourth-order valence-corrected chi connectivity index (χ4v) is 2.80. The van der Waals surface area contributed by atoms with Crippen molar-refractivity contribution in [1.29, 1.82) is 0 Å². The number of rotatable bonds is 4. The topological polar surface area (TPSA) is 56.8 Å². The Labute approximate surface area is 125 Å². The number of aromatic nitrogens is 3. The van der Waals surface area contributed by atoms with Gasteiger partial charge in [0.25, 0.3) is 0 Å². The lowest BCUT2D eigenvalue weighted by Crippen LogP contribution is -2.49. The van der Waals surface area contributed by atoms with Gasteiger partial charge in [0.2, 0.25) is 5.95 Å². The van der Waals surface area contributed by atoms with E-state index in [9.17, 15) is 0 Å².